The highest BCUT2D eigenvalue weighted by atomic mass is 32.2. The van der Waals surface area contributed by atoms with Crippen molar-refractivity contribution in [2.75, 3.05) is 13.2 Å². The van der Waals surface area contributed by atoms with Gasteiger partial charge >= 0.3 is 0 Å². The van der Waals surface area contributed by atoms with Crippen molar-refractivity contribution < 1.29 is 13.5 Å². The molecular weight excluding hydrogens is 250 g/mol. The molecule has 0 aliphatic heterocycles. The topological polar surface area (TPSA) is 66.4 Å². The summed E-state index contributed by atoms with van der Waals surface area (Å²) in [6, 6.07) is 5.28. The second-order valence-electron chi connectivity index (χ2n) is 5.25. The Bertz CT molecular complexity index is 547. The number of hydrogen-bond donors (Lipinski definition) is 2. The molecule has 1 aliphatic carbocycles. The predicted octanol–water partition coefficient (Wildman–Crippen LogP) is 1.35. The molecule has 2 rings (SSSR count). The summed E-state index contributed by atoms with van der Waals surface area (Å²) in [6.45, 7) is 4.09. The van der Waals surface area contributed by atoms with E-state index in [0.717, 1.165) is 24.0 Å². The fourth-order valence-electron chi connectivity index (χ4n) is 1.99. The normalized spacial score (nSPS) is 17.7. The van der Waals surface area contributed by atoms with Crippen LogP contribution in [0, 0.1) is 19.3 Å². The molecule has 1 aromatic carbocycles. The van der Waals surface area contributed by atoms with E-state index in [1.165, 1.54) is 0 Å². The molecule has 0 heterocycles. The van der Waals surface area contributed by atoms with E-state index in [0.29, 0.717) is 11.4 Å². The third kappa shape index (κ3) is 2.74. The van der Waals surface area contributed by atoms with Crippen molar-refractivity contribution in [1.29, 1.82) is 0 Å². The van der Waals surface area contributed by atoms with Crippen LogP contribution in [0.15, 0.2) is 23.1 Å². The van der Waals surface area contributed by atoms with Crippen molar-refractivity contribution in [3.8, 4) is 0 Å². The van der Waals surface area contributed by atoms with Crippen LogP contribution in [0.25, 0.3) is 0 Å². The Morgan fingerprint density at radius 3 is 2.50 bits per heavy atom. The molecule has 1 fully saturated rings. The molecule has 2 N–H and O–H groups in total. The Morgan fingerprint density at radius 1 is 1.33 bits per heavy atom. The van der Waals surface area contributed by atoms with Crippen LogP contribution in [0.2, 0.25) is 0 Å². The lowest BCUT2D eigenvalue weighted by molar-refractivity contribution is 0.213. The number of benzene rings is 1. The molecular formula is C13H19NO3S. The van der Waals surface area contributed by atoms with E-state index in [9.17, 15) is 13.5 Å². The van der Waals surface area contributed by atoms with Crippen LogP contribution >= 0.6 is 0 Å². The third-order valence-electron chi connectivity index (χ3n) is 3.55. The summed E-state index contributed by atoms with van der Waals surface area (Å²) in [5.74, 6) is 0. The molecule has 0 aromatic heterocycles. The second-order valence-corrected chi connectivity index (χ2v) is 6.99. The van der Waals surface area contributed by atoms with Gasteiger partial charge < -0.3 is 5.11 Å². The second kappa shape index (κ2) is 4.64. The number of sulfonamides is 1. The molecule has 0 radical (unpaired) electrons. The molecule has 0 saturated heterocycles. The van der Waals surface area contributed by atoms with Gasteiger partial charge in [-0.25, -0.2) is 13.1 Å². The van der Waals surface area contributed by atoms with Crippen LogP contribution in [-0.2, 0) is 10.0 Å². The smallest absolute Gasteiger partial charge is 0.240 e. The summed E-state index contributed by atoms with van der Waals surface area (Å²) in [4.78, 5) is 0.321. The Morgan fingerprint density at radius 2 is 2.00 bits per heavy atom. The average Bonchev–Trinajstić information content (AvgIpc) is 3.07. The molecule has 1 aliphatic rings. The minimum absolute atomic E-state index is 0.0440. The molecule has 1 aromatic rings. The van der Waals surface area contributed by atoms with Crippen LogP contribution in [-0.4, -0.2) is 26.7 Å². The zero-order valence-electron chi connectivity index (χ0n) is 10.7. The summed E-state index contributed by atoms with van der Waals surface area (Å²) < 4.78 is 26.9. The molecule has 100 valence electrons. The molecule has 0 spiro atoms. The first-order valence-corrected chi connectivity index (χ1v) is 7.55. The number of aliphatic hydroxyl groups excluding tert-OH is 1. The zero-order chi connectivity index (χ0) is 13.4. The Hall–Kier alpha value is -0.910. The molecule has 18 heavy (non-hydrogen) atoms. The van der Waals surface area contributed by atoms with Crippen LogP contribution < -0.4 is 4.72 Å². The number of hydrogen-bond acceptors (Lipinski definition) is 3. The maximum absolute atomic E-state index is 12.2. The molecule has 4 nitrogen and oxygen atoms in total. The van der Waals surface area contributed by atoms with Gasteiger partial charge in [-0.15, -0.1) is 0 Å². The van der Waals surface area contributed by atoms with Gasteiger partial charge in [0, 0.05) is 18.6 Å². The van der Waals surface area contributed by atoms with Gasteiger partial charge in [0.05, 0.1) is 4.90 Å². The number of nitrogens with one attached hydrogen (secondary N) is 1. The van der Waals surface area contributed by atoms with Gasteiger partial charge in [0.1, 0.15) is 0 Å². The maximum Gasteiger partial charge on any atom is 0.240 e. The van der Waals surface area contributed by atoms with E-state index in [2.05, 4.69) is 4.72 Å². The standard InChI is InChI=1S/C13H19NO3S/c1-10-3-4-12(11(2)7-10)18(16,17)14-8-13(9-15)5-6-13/h3-4,7,14-15H,5-6,8-9H2,1-2H3. The fraction of sp³-hybridized carbons (Fsp3) is 0.538. The molecule has 0 bridgehead atoms. The summed E-state index contributed by atoms with van der Waals surface area (Å²) in [6.07, 6.45) is 1.78. The molecule has 5 heteroatoms. The Kier molecular flexibility index (Phi) is 3.49. The van der Waals surface area contributed by atoms with E-state index in [1.54, 1.807) is 19.1 Å². The maximum atomic E-state index is 12.2. The van der Waals surface area contributed by atoms with Gasteiger partial charge in [0.15, 0.2) is 0 Å². The monoisotopic (exact) mass is 269 g/mol. The van der Waals surface area contributed by atoms with E-state index in [-0.39, 0.29) is 12.0 Å². The highest BCUT2D eigenvalue weighted by Crippen LogP contribution is 2.44. The minimum Gasteiger partial charge on any atom is -0.396 e. The molecule has 0 amide bonds. The fourth-order valence-corrected chi connectivity index (χ4v) is 3.38. The van der Waals surface area contributed by atoms with Crippen molar-refractivity contribution >= 4 is 10.0 Å². The minimum atomic E-state index is -3.47. The summed E-state index contributed by atoms with van der Waals surface area (Å²) >= 11 is 0. The molecule has 1 saturated carbocycles. The van der Waals surface area contributed by atoms with Crippen molar-refractivity contribution in [3.05, 3.63) is 29.3 Å². The quantitative estimate of drug-likeness (QED) is 0.848. The lowest BCUT2D eigenvalue weighted by atomic mass is 10.1. The SMILES string of the molecule is Cc1ccc(S(=O)(=O)NCC2(CO)CC2)c(C)c1. The van der Waals surface area contributed by atoms with Gasteiger partial charge in [0.2, 0.25) is 10.0 Å². The van der Waals surface area contributed by atoms with Gasteiger partial charge in [-0.2, -0.15) is 0 Å². The molecule has 0 unspecified atom stereocenters. The summed E-state index contributed by atoms with van der Waals surface area (Å²) in [7, 11) is -3.47. The number of rotatable bonds is 5. The van der Waals surface area contributed by atoms with Gasteiger partial charge in [-0.05, 0) is 38.3 Å². The van der Waals surface area contributed by atoms with Crippen molar-refractivity contribution in [2.45, 2.75) is 31.6 Å². The lowest BCUT2D eigenvalue weighted by Crippen LogP contribution is -2.32. The van der Waals surface area contributed by atoms with Crippen molar-refractivity contribution in [3.63, 3.8) is 0 Å². The van der Waals surface area contributed by atoms with E-state index in [4.69, 9.17) is 0 Å². The highest BCUT2D eigenvalue weighted by Gasteiger charge is 2.42. The van der Waals surface area contributed by atoms with E-state index in [1.807, 2.05) is 13.0 Å². The van der Waals surface area contributed by atoms with Crippen molar-refractivity contribution in [1.82, 2.24) is 4.72 Å². The first-order valence-electron chi connectivity index (χ1n) is 6.06. The van der Waals surface area contributed by atoms with E-state index >= 15 is 0 Å². The molecule has 0 atom stereocenters. The summed E-state index contributed by atoms with van der Waals surface area (Å²) in [5.41, 5.74) is 1.57. The van der Waals surface area contributed by atoms with Gasteiger partial charge in [0.25, 0.3) is 0 Å². The largest absolute Gasteiger partial charge is 0.396 e. The van der Waals surface area contributed by atoms with Crippen molar-refractivity contribution in [2.24, 2.45) is 5.41 Å². The lowest BCUT2D eigenvalue weighted by Gasteiger charge is -2.14. The van der Waals surface area contributed by atoms with Crippen LogP contribution in [0.5, 0.6) is 0 Å². The van der Waals surface area contributed by atoms with Crippen LogP contribution in [0.4, 0.5) is 0 Å². The summed E-state index contributed by atoms with van der Waals surface area (Å²) in [5, 5.41) is 9.18. The van der Waals surface area contributed by atoms with Crippen LogP contribution in [0.3, 0.4) is 0 Å². The number of aliphatic hydroxyl groups is 1. The van der Waals surface area contributed by atoms with Gasteiger partial charge in [-0.1, -0.05) is 17.7 Å². The Balaban J connectivity index is 2.15. The first-order chi connectivity index (χ1) is 8.38. The van der Waals surface area contributed by atoms with Crippen LogP contribution in [0.1, 0.15) is 24.0 Å². The third-order valence-corrected chi connectivity index (χ3v) is 5.11. The predicted molar refractivity (Wildman–Crippen MR) is 69.9 cm³/mol. The Labute approximate surface area is 108 Å². The zero-order valence-corrected chi connectivity index (χ0v) is 11.5. The van der Waals surface area contributed by atoms with E-state index < -0.39 is 10.0 Å². The van der Waals surface area contributed by atoms with Gasteiger partial charge in [-0.3, -0.25) is 0 Å². The highest BCUT2D eigenvalue weighted by molar-refractivity contribution is 7.89. The number of aryl methyl sites for hydroxylation is 2. The first kappa shape index (κ1) is 13.5. The average molecular weight is 269 g/mol.